The Labute approximate surface area is 248 Å². The molecule has 5 aromatic carbocycles. The van der Waals surface area contributed by atoms with Crippen molar-refractivity contribution in [1.29, 1.82) is 0 Å². The number of carbonyl (C=O) groups excluding carboxylic acids is 3. The van der Waals surface area contributed by atoms with Crippen LogP contribution in [-0.2, 0) is 9.59 Å². The Kier molecular flexibility index (Phi) is 9.11. The molecular formula is C35H29N3O3S. The van der Waals surface area contributed by atoms with Gasteiger partial charge in [-0.1, -0.05) is 78.4 Å². The molecule has 0 atom stereocenters. The first kappa shape index (κ1) is 28.4. The van der Waals surface area contributed by atoms with Crippen LogP contribution in [0.1, 0.15) is 21.5 Å². The lowest BCUT2D eigenvalue weighted by molar-refractivity contribution is -0.114. The number of nitrogens with one attached hydrogen (secondary N) is 3. The van der Waals surface area contributed by atoms with Crippen LogP contribution in [0.5, 0.6) is 0 Å². The number of hydrogen-bond donors (Lipinski definition) is 3. The second-order valence-electron chi connectivity index (χ2n) is 9.67. The Hall–Kier alpha value is -5.14. The molecule has 0 aliphatic rings. The summed E-state index contributed by atoms with van der Waals surface area (Å²) >= 11 is 1.40. The third-order valence-electron chi connectivity index (χ3n) is 6.40. The minimum absolute atomic E-state index is 0.104. The van der Waals surface area contributed by atoms with E-state index in [0.29, 0.717) is 11.3 Å². The summed E-state index contributed by atoms with van der Waals surface area (Å²) in [7, 11) is 0. The van der Waals surface area contributed by atoms with Crippen molar-refractivity contribution < 1.29 is 14.4 Å². The van der Waals surface area contributed by atoms with Gasteiger partial charge in [0, 0.05) is 21.8 Å². The van der Waals surface area contributed by atoms with Gasteiger partial charge in [0.25, 0.3) is 11.8 Å². The van der Waals surface area contributed by atoms with Crippen molar-refractivity contribution in [2.45, 2.75) is 11.8 Å². The van der Waals surface area contributed by atoms with E-state index in [1.54, 1.807) is 42.5 Å². The zero-order valence-electron chi connectivity index (χ0n) is 23.0. The fourth-order valence-corrected chi connectivity index (χ4v) is 5.01. The van der Waals surface area contributed by atoms with E-state index in [0.717, 1.165) is 32.5 Å². The fraction of sp³-hybridized carbons (Fsp3) is 0.0571. The summed E-state index contributed by atoms with van der Waals surface area (Å²) in [4.78, 5) is 39.5. The minimum atomic E-state index is -0.448. The van der Waals surface area contributed by atoms with Crippen LogP contribution in [0.15, 0.2) is 132 Å². The number of carbonyl (C=O) groups is 3. The monoisotopic (exact) mass is 571 g/mol. The highest BCUT2D eigenvalue weighted by molar-refractivity contribution is 8.00. The molecule has 5 aromatic rings. The predicted molar refractivity (Wildman–Crippen MR) is 171 cm³/mol. The van der Waals surface area contributed by atoms with Gasteiger partial charge in [0.1, 0.15) is 5.70 Å². The van der Waals surface area contributed by atoms with E-state index in [4.69, 9.17) is 0 Å². The first-order valence-corrected chi connectivity index (χ1v) is 14.4. The SMILES string of the molecule is Cc1cccc(/C=C(\NC(=O)c2ccccc2)C(=O)Nc2ccc(SCC(=O)Nc3ccc4ccccc4c3)cc2)c1. The van der Waals surface area contributed by atoms with Gasteiger partial charge in [-0.25, -0.2) is 0 Å². The highest BCUT2D eigenvalue weighted by Gasteiger charge is 2.15. The molecule has 0 aliphatic heterocycles. The Morgan fingerprint density at radius 3 is 2.17 bits per heavy atom. The quantitative estimate of drug-likeness (QED) is 0.128. The molecule has 6 nitrogen and oxygen atoms in total. The van der Waals surface area contributed by atoms with E-state index in [9.17, 15) is 14.4 Å². The van der Waals surface area contributed by atoms with Crippen molar-refractivity contribution in [3.8, 4) is 0 Å². The second-order valence-corrected chi connectivity index (χ2v) is 10.7. The van der Waals surface area contributed by atoms with Gasteiger partial charge in [0.15, 0.2) is 0 Å². The molecule has 0 saturated carbocycles. The zero-order valence-corrected chi connectivity index (χ0v) is 23.8. The first-order chi connectivity index (χ1) is 20.4. The van der Waals surface area contributed by atoms with Gasteiger partial charge in [-0.2, -0.15) is 0 Å². The minimum Gasteiger partial charge on any atom is -0.325 e. The second kappa shape index (κ2) is 13.5. The normalized spacial score (nSPS) is 11.1. The van der Waals surface area contributed by atoms with Gasteiger partial charge < -0.3 is 16.0 Å². The van der Waals surface area contributed by atoms with Crippen LogP contribution >= 0.6 is 11.8 Å². The molecule has 0 spiro atoms. The molecule has 42 heavy (non-hydrogen) atoms. The maximum absolute atomic E-state index is 13.3. The summed E-state index contributed by atoms with van der Waals surface area (Å²) in [6.45, 7) is 1.96. The van der Waals surface area contributed by atoms with Crippen LogP contribution in [0.3, 0.4) is 0 Å². The fourth-order valence-electron chi connectivity index (χ4n) is 4.31. The molecule has 0 aromatic heterocycles. The highest BCUT2D eigenvalue weighted by atomic mass is 32.2. The van der Waals surface area contributed by atoms with Crippen LogP contribution in [0.25, 0.3) is 16.8 Å². The summed E-state index contributed by atoms with van der Waals surface area (Å²) in [5.74, 6) is -0.685. The number of aryl methyl sites for hydroxylation is 1. The largest absolute Gasteiger partial charge is 0.325 e. The topological polar surface area (TPSA) is 87.3 Å². The first-order valence-electron chi connectivity index (χ1n) is 13.4. The van der Waals surface area contributed by atoms with Gasteiger partial charge in [-0.3, -0.25) is 14.4 Å². The van der Waals surface area contributed by atoms with E-state index in [-0.39, 0.29) is 23.3 Å². The Morgan fingerprint density at radius 2 is 1.40 bits per heavy atom. The molecule has 0 bridgehead atoms. The van der Waals surface area contributed by atoms with Gasteiger partial charge in [0.05, 0.1) is 5.75 Å². The summed E-state index contributed by atoms with van der Waals surface area (Å²) in [5.41, 5.74) is 3.73. The number of fused-ring (bicyclic) bond motifs is 1. The lowest BCUT2D eigenvalue weighted by Gasteiger charge is -2.12. The lowest BCUT2D eigenvalue weighted by Crippen LogP contribution is -2.30. The average Bonchev–Trinajstić information content (AvgIpc) is 3.01. The third-order valence-corrected chi connectivity index (χ3v) is 7.41. The van der Waals surface area contributed by atoms with Gasteiger partial charge in [0.2, 0.25) is 5.91 Å². The lowest BCUT2D eigenvalue weighted by atomic mass is 10.1. The van der Waals surface area contributed by atoms with E-state index < -0.39 is 5.91 Å². The number of anilines is 2. The molecule has 3 amide bonds. The van der Waals surface area contributed by atoms with E-state index in [1.807, 2.05) is 91.9 Å². The maximum atomic E-state index is 13.3. The summed E-state index contributed by atoms with van der Waals surface area (Å²) in [6, 6.07) is 37.5. The predicted octanol–water partition coefficient (Wildman–Crippen LogP) is 7.29. The van der Waals surface area contributed by atoms with E-state index >= 15 is 0 Å². The van der Waals surface area contributed by atoms with Crippen molar-refractivity contribution in [2.75, 3.05) is 16.4 Å². The molecule has 0 heterocycles. The standard InChI is InChI=1S/C35H29N3O3S/c1-24-8-7-9-25(20-24)21-32(38-34(40)27-11-3-2-4-12-27)35(41)37-29-16-18-31(19-17-29)42-23-33(39)36-30-15-14-26-10-5-6-13-28(26)22-30/h2-22H,23H2,1H3,(H,36,39)(H,37,41)(H,38,40)/b32-21-. The van der Waals surface area contributed by atoms with E-state index in [2.05, 4.69) is 16.0 Å². The molecule has 7 heteroatoms. The third kappa shape index (κ3) is 7.74. The highest BCUT2D eigenvalue weighted by Crippen LogP contribution is 2.23. The van der Waals surface area contributed by atoms with Crippen LogP contribution in [0.2, 0.25) is 0 Å². The van der Waals surface area contributed by atoms with Crippen molar-refractivity contribution in [3.63, 3.8) is 0 Å². The Bertz CT molecular complexity index is 1770. The molecule has 0 saturated heterocycles. The number of hydrogen-bond acceptors (Lipinski definition) is 4. The van der Waals surface area contributed by atoms with Crippen LogP contribution in [0.4, 0.5) is 11.4 Å². The van der Waals surface area contributed by atoms with Crippen molar-refractivity contribution in [1.82, 2.24) is 5.32 Å². The van der Waals surface area contributed by atoms with Crippen LogP contribution < -0.4 is 16.0 Å². The summed E-state index contributed by atoms with van der Waals surface area (Å²) in [5, 5.41) is 10.8. The van der Waals surface area contributed by atoms with Gasteiger partial charge in [-0.15, -0.1) is 11.8 Å². The molecule has 3 N–H and O–H groups in total. The zero-order chi connectivity index (χ0) is 29.3. The Morgan fingerprint density at radius 1 is 0.690 bits per heavy atom. The van der Waals surface area contributed by atoms with Gasteiger partial charge in [-0.05, 0) is 77.9 Å². The van der Waals surface area contributed by atoms with E-state index in [1.165, 1.54) is 11.8 Å². The molecule has 208 valence electrons. The molecule has 5 rings (SSSR count). The number of amides is 3. The number of thioether (sulfide) groups is 1. The van der Waals surface area contributed by atoms with Crippen LogP contribution in [0, 0.1) is 6.92 Å². The molecule has 0 fully saturated rings. The molecule has 0 aliphatic carbocycles. The van der Waals surface area contributed by atoms with Crippen LogP contribution in [-0.4, -0.2) is 23.5 Å². The smallest absolute Gasteiger partial charge is 0.272 e. The van der Waals surface area contributed by atoms with Crippen molar-refractivity contribution in [3.05, 3.63) is 144 Å². The average molecular weight is 572 g/mol. The summed E-state index contributed by atoms with van der Waals surface area (Å²) < 4.78 is 0. The molecular weight excluding hydrogens is 542 g/mol. The van der Waals surface area contributed by atoms with Gasteiger partial charge >= 0.3 is 0 Å². The number of rotatable bonds is 9. The summed E-state index contributed by atoms with van der Waals surface area (Å²) in [6.07, 6.45) is 1.65. The molecule has 0 unspecified atom stereocenters. The number of benzene rings is 5. The molecule has 0 radical (unpaired) electrons. The maximum Gasteiger partial charge on any atom is 0.272 e. The van der Waals surface area contributed by atoms with Crippen molar-refractivity contribution >= 4 is 57.7 Å². The Balaban J connectivity index is 1.21. The van der Waals surface area contributed by atoms with Crippen molar-refractivity contribution in [2.24, 2.45) is 0 Å².